The number of hydrogen-bond acceptors (Lipinski definition) is 7. The fourth-order valence-corrected chi connectivity index (χ4v) is 3.90. The second-order valence-corrected chi connectivity index (χ2v) is 9.65. The second-order valence-electron chi connectivity index (χ2n) is 8.57. The van der Waals surface area contributed by atoms with Gasteiger partial charge in [-0.05, 0) is 59.0 Å². The third kappa shape index (κ3) is 6.01. The van der Waals surface area contributed by atoms with Gasteiger partial charge in [-0.2, -0.15) is 0 Å². The van der Waals surface area contributed by atoms with Crippen LogP contribution in [-0.4, -0.2) is 44.9 Å². The van der Waals surface area contributed by atoms with E-state index in [2.05, 4.69) is 10.3 Å². The van der Waals surface area contributed by atoms with Crippen LogP contribution in [0, 0.1) is 15.2 Å². The average molecular weight is 662 g/mol. The van der Waals surface area contributed by atoms with Crippen molar-refractivity contribution >= 4 is 45.9 Å². The molecule has 11 nitrogen and oxygen atoms in total. The Hall–Kier alpha value is -4.60. The molecule has 0 saturated heterocycles. The van der Waals surface area contributed by atoms with Crippen molar-refractivity contribution in [3.05, 3.63) is 103 Å². The highest BCUT2D eigenvalue weighted by Gasteiger charge is 2.21. The van der Waals surface area contributed by atoms with Crippen molar-refractivity contribution in [3.8, 4) is 17.2 Å². The van der Waals surface area contributed by atoms with Crippen LogP contribution < -0.4 is 27.0 Å². The molecule has 3 N–H and O–H groups in total. The largest absolute Gasteiger partial charge is 0.453 e. The number of likely N-dealkylation sites (N-methyl/N-ethyl adjacent to an activating group) is 1. The van der Waals surface area contributed by atoms with Gasteiger partial charge in [0.2, 0.25) is 5.91 Å². The SMILES string of the molecule is CN(C)C(=O)Cn1cc(C(=O)Nc2ccc(Oc3ccnc(N)c3I)c(F)c2)c(=O)n(-c2ccc(F)cc2)c1=O. The number of ether oxygens (including phenoxy) is 1. The number of nitrogen functional groups attached to an aromatic ring is 1. The Labute approximate surface area is 239 Å². The molecule has 0 radical (unpaired) electrons. The summed E-state index contributed by atoms with van der Waals surface area (Å²) >= 11 is 1.91. The third-order valence-corrected chi connectivity index (χ3v) is 6.66. The van der Waals surface area contributed by atoms with Crippen molar-refractivity contribution in [2.24, 2.45) is 0 Å². The van der Waals surface area contributed by atoms with E-state index in [0.29, 0.717) is 8.14 Å². The normalized spacial score (nSPS) is 10.7. The number of hydrogen-bond donors (Lipinski definition) is 2. The van der Waals surface area contributed by atoms with Gasteiger partial charge in [-0.3, -0.25) is 19.0 Å². The molecule has 0 atom stereocenters. The van der Waals surface area contributed by atoms with Crippen LogP contribution in [0.2, 0.25) is 0 Å². The number of rotatable bonds is 7. The molecule has 0 spiro atoms. The van der Waals surface area contributed by atoms with Gasteiger partial charge in [0, 0.05) is 44.3 Å². The predicted molar refractivity (Wildman–Crippen MR) is 151 cm³/mol. The van der Waals surface area contributed by atoms with E-state index in [1.54, 1.807) is 0 Å². The Kier molecular flexibility index (Phi) is 8.27. The molecule has 0 aliphatic heterocycles. The zero-order chi connectivity index (χ0) is 29.1. The third-order valence-electron chi connectivity index (χ3n) is 5.58. The lowest BCUT2D eigenvalue weighted by atomic mass is 10.2. The molecular formula is C26H21F2IN6O5. The molecule has 0 saturated carbocycles. The van der Waals surface area contributed by atoms with E-state index in [4.69, 9.17) is 10.5 Å². The van der Waals surface area contributed by atoms with Crippen LogP contribution in [0.15, 0.2) is 70.5 Å². The van der Waals surface area contributed by atoms with Crippen molar-refractivity contribution < 1.29 is 23.1 Å². The smallest absolute Gasteiger partial charge is 0.336 e. The van der Waals surface area contributed by atoms with E-state index in [1.165, 1.54) is 55.5 Å². The molecule has 40 heavy (non-hydrogen) atoms. The number of amides is 2. The molecule has 0 aliphatic carbocycles. The molecule has 4 aromatic rings. The molecule has 2 amide bonds. The van der Waals surface area contributed by atoms with E-state index in [1.807, 2.05) is 22.6 Å². The first-order valence-electron chi connectivity index (χ1n) is 11.5. The minimum absolute atomic E-state index is 0.0176. The van der Waals surface area contributed by atoms with Gasteiger partial charge in [0.25, 0.3) is 11.5 Å². The summed E-state index contributed by atoms with van der Waals surface area (Å²) in [5.41, 5.74) is 3.26. The molecule has 2 aromatic heterocycles. The maximum absolute atomic E-state index is 14.8. The number of halogens is 3. The van der Waals surface area contributed by atoms with Crippen LogP contribution >= 0.6 is 22.6 Å². The van der Waals surface area contributed by atoms with Gasteiger partial charge in [-0.15, -0.1) is 0 Å². The fourth-order valence-electron chi connectivity index (χ4n) is 3.47. The number of nitrogens with zero attached hydrogens (tertiary/aromatic N) is 4. The topological polar surface area (TPSA) is 142 Å². The maximum Gasteiger partial charge on any atom is 0.336 e. The van der Waals surface area contributed by atoms with Crippen LogP contribution in [0.25, 0.3) is 5.69 Å². The zero-order valence-electron chi connectivity index (χ0n) is 21.0. The van der Waals surface area contributed by atoms with Gasteiger partial charge in [0.05, 0.1) is 9.26 Å². The molecular weight excluding hydrogens is 641 g/mol. The molecule has 0 fully saturated rings. The van der Waals surface area contributed by atoms with Gasteiger partial charge >= 0.3 is 5.69 Å². The number of carbonyl (C=O) groups excluding carboxylic acids is 2. The number of carbonyl (C=O) groups is 2. The number of pyridine rings is 1. The number of anilines is 2. The van der Waals surface area contributed by atoms with Crippen molar-refractivity contribution in [1.82, 2.24) is 19.0 Å². The highest BCUT2D eigenvalue weighted by molar-refractivity contribution is 14.1. The lowest BCUT2D eigenvalue weighted by Crippen LogP contribution is -2.44. The summed E-state index contributed by atoms with van der Waals surface area (Å²) in [6, 6.07) is 9.55. The Morgan fingerprint density at radius 3 is 2.42 bits per heavy atom. The van der Waals surface area contributed by atoms with Crippen molar-refractivity contribution in [2.75, 3.05) is 25.1 Å². The summed E-state index contributed by atoms with van der Waals surface area (Å²) in [6.45, 7) is -0.480. The number of benzene rings is 2. The van der Waals surface area contributed by atoms with E-state index < -0.39 is 46.8 Å². The van der Waals surface area contributed by atoms with Gasteiger partial charge in [0.1, 0.15) is 29.5 Å². The average Bonchev–Trinajstić information content (AvgIpc) is 2.90. The summed E-state index contributed by atoms with van der Waals surface area (Å²) in [5, 5.41) is 2.41. The molecule has 0 aliphatic rings. The first-order valence-corrected chi connectivity index (χ1v) is 12.6. The second kappa shape index (κ2) is 11.6. The molecule has 206 valence electrons. The van der Waals surface area contributed by atoms with Crippen molar-refractivity contribution in [3.63, 3.8) is 0 Å². The fraction of sp³-hybridized carbons (Fsp3) is 0.115. The first kappa shape index (κ1) is 28.4. The lowest BCUT2D eigenvalue weighted by Gasteiger charge is -2.15. The summed E-state index contributed by atoms with van der Waals surface area (Å²) in [6.07, 6.45) is 2.36. The summed E-state index contributed by atoms with van der Waals surface area (Å²) < 4.78 is 35.9. The monoisotopic (exact) mass is 662 g/mol. The standard InChI is InChI=1S/C26H21F2IN6O5/c1-33(2)21(36)13-34-12-17(25(38)35(26(34)39)16-6-3-14(27)4-7-16)24(37)32-15-5-8-19(18(28)11-15)40-20-9-10-31-23(30)22(20)29/h3-12H,13H2,1-2H3,(H2,30,31)(H,32,37). The van der Waals surface area contributed by atoms with Crippen LogP contribution in [0.4, 0.5) is 20.3 Å². The lowest BCUT2D eigenvalue weighted by molar-refractivity contribution is -0.129. The number of aromatic nitrogens is 3. The van der Waals surface area contributed by atoms with Crippen LogP contribution in [0.3, 0.4) is 0 Å². The summed E-state index contributed by atoms with van der Waals surface area (Å²) in [5.74, 6) is -2.56. The van der Waals surface area contributed by atoms with Crippen LogP contribution in [-0.2, 0) is 11.3 Å². The Morgan fingerprint density at radius 1 is 1.07 bits per heavy atom. The summed E-state index contributed by atoms with van der Waals surface area (Å²) in [4.78, 5) is 57.0. The molecule has 14 heteroatoms. The first-order chi connectivity index (χ1) is 19.0. The molecule has 2 aromatic carbocycles. The number of nitrogens with two attached hydrogens (primary N) is 1. The predicted octanol–water partition coefficient (Wildman–Crippen LogP) is 2.99. The van der Waals surface area contributed by atoms with Gasteiger partial charge in [-0.25, -0.2) is 23.1 Å². The van der Waals surface area contributed by atoms with E-state index in [-0.39, 0.29) is 28.7 Å². The van der Waals surface area contributed by atoms with Gasteiger partial charge in [-0.1, -0.05) is 0 Å². The Bertz CT molecular complexity index is 1740. The van der Waals surface area contributed by atoms with Crippen molar-refractivity contribution in [2.45, 2.75) is 6.54 Å². The van der Waals surface area contributed by atoms with E-state index >= 15 is 0 Å². The molecule has 0 bridgehead atoms. The Balaban J connectivity index is 1.69. The van der Waals surface area contributed by atoms with Crippen molar-refractivity contribution in [1.29, 1.82) is 0 Å². The van der Waals surface area contributed by atoms with E-state index in [9.17, 15) is 28.0 Å². The molecule has 4 rings (SSSR count). The minimum atomic E-state index is -1.02. The number of nitrogens with one attached hydrogen (secondary N) is 1. The molecule has 2 heterocycles. The van der Waals surface area contributed by atoms with Crippen LogP contribution in [0.5, 0.6) is 11.5 Å². The van der Waals surface area contributed by atoms with Gasteiger partial charge < -0.3 is 20.7 Å². The summed E-state index contributed by atoms with van der Waals surface area (Å²) in [7, 11) is 2.95. The van der Waals surface area contributed by atoms with Crippen LogP contribution in [0.1, 0.15) is 10.4 Å². The highest BCUT2D eigenvalue weighted by atomic mass is 127. The highest BCUT2D eigenvalue weighted by Crippen LogP contribution is 2.31. The zero-order valence-corrected chi connectivity index (χ0v) is 23.2. The van der Waals surface area contributed by atoms with Gasteiger partial charge in [0.15, 0.2) is 11.6 Å². The van der Waals surface area contributed by atoms with E-state index in [0.717, 1.165) is 29.0 Å². The minimum Gasteiger partial charge on any atom is -0.453 e. The maximum atomic E-state index is 14.8. The quantitative estimate of drug-likeness (QED) is 0.290. The molecule has 0 unspecified atom stereocenters. The Morgan fingerprint density at radius 2 is 1.77 bits per heavy atom.